The first kappa shape index (κ1) is 23.0. The van der Waals surface area contributed by atoms with E-state index in [1.54, 1.807) is 6.20 Å². The summed E-state index contributed by atoms with van der Waals surface area (Å²) in [7, 11) is 0. The van der Waals surface area contributed by atoms with Gasteiger partial charge < -0.3 is 0 Å². The number of carbonyl (C=O) groups excluding carboxylic acids is 1. The molecule has 1 unspecified atom stereocenters. The zero-order valence-corrected chi connectivity index (χ0v) is 19.1. The summed E-state index contributed by atoms with van der Waals surface area (Å²) >= 11 is 5.85. The van der Waals surface area contributed by atoms with Crippen molar-refractivity contribution in [2.45, 2.75) is 30.9 Å². The van der Waals surface area contributed by atoms with Crippen molar-refractivity contribution in [2.24, 2.45) is 0 Å². The molecule has 1 atom stereocenters. The Labute approximate surface area is 203 Å². The molecule has 0 amide bonds. The van der Waals surface area contributed by atoms with E-state index < -0.39 is 17.9 Å². The molecule has 2 N–H and O–H groups in total. The monoisotopic (exact) mass is 498 g/mol. The Morgan fingerprint density at radius 2 is 1.71 bits per heavy atom. The molecule has 178 valence electrons. The number of aromatic nitrogens is 4. The Balaban J connectivity index is 1.55. The minimum atomic E-state index is -4.67. The lowest BCUT2D eigenvalue weighted by atomic mass is 10.0. The van der Waals surface area contributed by atoms with Gasteiger partial charge in [0.15, 0.2) is 11.7 Å². The summed E-state index contributed by atoms with van der Waals surface area (Å²) < 4.78 is 42.0. The quantitative estimate of drug-likeness (QED) is 0.296. The third-order valence-corrected chi connectivity index (χ3v) is 6.18. The number of benzene rings is 2. The molecular weight excluding hydrogens is 479 g/mol. The molecule has 0 radical (unpaired) electrons. The predicted octanol–water partition coefficient (Wildman–Crippen LogP) is 4.78. The van der Waals surface area contributed by atoms with Crippen LogP contribution in [0.4, 0.5) is 19.0 Å². The van der Waals surface area contributed by atoms with Crippen LogP contribution in [0.5, 0.6) is 0 Å². The molecule has 1 aliphatic rings. The molecule has 35 heavy (non-hydrogen) atoms. The number of aromatic amines is 1. The van der Waals surface area contributed by atoms with Crippen molar-refractivity contribution in [2.75, 3.05) is 5.32 Å². The van der Waals surface area contributed by atoms with Crippen molar-refractivity contribution < 1.29 is 22.5 Å². The Morgan fingerprint density at radius 1 is 1.03 bits per heavy atom. The van der Waals surface area contributed by atoms with E-state index in [-0.39, 0.29) is 29.5 Å². The fourth-order valence-electron chi connectivity index (χ4n) is 4.24. The highest BCUT2D eigenvalue weighted by Crippen LogP contribution is 2.34. The maximum Gasteiger partial charge on any atom is 0.435 e. The maximum absolute atomic E-state index is 13.5. The summed E-state index contributed by atoms with van der Waals surface area (Å²) in [5, 5.41) is 8.88. The molecular formula is C25H20ClF3N5O+. The highest BCUT2D eigenvalue weighted by atomic mass is 35.5. The first-order valence-electron chi connectivity index (χ1n) is 10.9. The highest BCUT2D eigenvalue weighted by Gasteiger charge is 2.45. The lowest BCUT2D eigenvalue weighted by molar-refractivity contribution is -0.552. The average molecular weight is 499 g/mol. The summed E-state index contributed by atoms with van der Waals surface area (Å²) in [5.41, 5.74) is 1.99. The third-order valence-electron chi connectivity index (χ3n) is 5.91. The second-order valence-corrected chi connectivity index (χ2v) is 8.49. The van der Waals surface area contributed by atoms with Crippen molar-refractivity contribution in [3.63, 3.8) is 0 Å². The first-order chi connectivity index (χ1) is 16.8. The van der Waals surface area contributed by atoms with Crippen molar-refractivity contribution in [1.29, 1.82) is 0 Å². The summed E-state index contributed by atoms with van der Waals surface area (Å²) in [5.74, 6) is -0.0879. The molecule has 0 saturated heterocycles. The van der Waals surface area contributed by atoms with Gasteiger partial charge in [-0.2, -0.15) is 22.8 Å². The molecule has 0 spiro atoms. The van der Waals surface area contributed by atoms with Crippen LogP contribution >= 0.6 is 11.6 Å². The molecule has 6 nitrogen and oxygen atoms in total. The number of anilines is 1. The highest BCUT2D eigenvalue weighted by molar-refractivity contribution is 6.17. The first-order valence-corrected chi connectivity index (χ1v) is 11.4. The van der Waals surface area contributed by atoms with Crippen molar-refractivity contribution in [3.05, 3.63) is 95.1 Å². The Morgan fingerprint density at radius 3 is 2.37 bits per heavy atom. The maximum atomic E-state index is 13.5. The molecule has 4 aromatic rings. The standard InChI is InChI=1S/C25H19ClF3N5O/c26-13-20-17(22(33-32-20)25(27,28)29)12-19-24(35)34-14-21(16-9-5-2-6-10-16)30-18(23(34)31-19)11-15-7-3-1-4-8-15/h1-10,14,19H,11-13H2,(H,32,33)/p+1. The summed E-state index contributed by atoms with van der Waals surface area (Å²) in [6.45, 7) is 0. The Kier molecular flexibility index (Phi) is 6.02. The second kappa shape index (κ2) is 9.14. The Bertz CT molecular complexity index is 1370. The number of fused-ring (bicyclic) bond motifs is 1. The van der Waals surface area contributed by atoms with Gasteiger partial charge in [-0.3, -0.25) is 10.4 Å². The molecule has 10 heteroatoms. The molecule has 1 aliphatic heterocycles. The van der Waals surface area contributed by atoms with Gasteiger partial charge in [-0.05, 0) is 5.56 Å². The number of halogens is 4. The minimum absolute atomic E-state index is 0.118. The van der Waals surface area contributed by atoms with Gasteiger partial charge in [0.25, 0.3) is 0 Å². The van der Waals surface area contributed by atoms with Crippen molar-refractivity contribution in [3.8, 4) is 11.3 Å². The number of alkyl halides is 4. The number of hydrogen-bond donors (Lipinski definition) is 2. The number of H-pyrrole nitrogens is 1. The molecule has 0 aliphatic carbocycles. The van der Waals surface area contributed by atoms with Crippen LogP contribution in [0.15, 0.2) is 66.9 Å². The zero-order chi connectivity index (χ0) is 24.6. The van der Waals surface area contributed by atoms with E-state index >= 15 is 0 Å². The van der Waals surface area contributed by atoms with Gasteiger partial charge in [0.05, 0.1) is 11.6 Å². The summed E-state index contributed by atoms with van der Waals surface area (Å²) in [6, 6.07) is 18.1. The fraction of sp³-hybridized carbons (Fsp3) is 0.200. The summed E-state index contributed by atoms with van der Waals surface area (Å²) in [4.78, 5) is 18.2. The van der Waals surface area contributed by atoms with E-state index in [1.165, 1.54) is 4.57 Å². The molecule has 0 fully saturated rings. The van der Waals surface area contributed by atoms with E-state index in [4.69, 9.17) is 16.6 Å². The van der Waals surface area contributed by atoms with Gasteiger partial charge >= 0.3 is 17.9 Å². The van der Waals surface area contributed by atoms with Gasteiger partial charge in [-0.25, -0.2) is 9.78 Å². The van der Waals surface area contributed by atoms with Crippen LogP contribution in [-0.4, -0.2) is 27.1 Å². The van der Waals surface area contributed by atoms with Gasteiger partial charge in [0.2, 0.25) is 0 Å². The largest absolute Gasteiger partial charge is 0.435 e. The predicted molar refractivity (Wildman–Crippen MR) is 124 cm³/mol. The van der Waals surface area contributed by atoms with Crippen LogP contribution < -0.4 is 9.88 Å². The van der Waals surface area contributed by atoms with E-state index in [0.29, 0.717) is 23.6 Å². The molecule has 5 rings (SSSR count). The van der Waals surface area contributed by atoms with Crippen LogP contribution in [0, 0.1) is 0 Å². The van der Waals surface area contributed by atoms with Gasteiger partial charge in [-0.1, -0.05) is 60.7 Å². The van der Waals surface area contributed by atoms with Gasteiger partial charge in [0, 0.05) is 24.0 Å². The summed E-state index contributed by atoms with van der Waals surface area (Å²) in [6.07, 6.45) is -2.83. The van der Waals surface area contributed by atoms with Gasteiger partial charge in [0.1, 0.15) is 17.6 Å². The van der Waals surface area contributed by atoms with Crippen LogP contribution in [0.25, 0.3) is 11.3 Å². The number of carbonyl (C=O) groups is 1. The SMILES string of the molecule is O=C1C(Cc2c(C(F)(F)F)n[nH]c2CCl)Nc2c(Cc3ccccc3)nc(-c3ccccc3)c[n+]21. The van der Waals surface area contributed by atoms with Gasteiger partial charge in [-0.15, -0.1) is 11.6 Å². The van der Waals surface area contributed by atoms with Crippen LogP contribution in [0.1, 0.15) is 33.0 Å². The van der Waals surface area contributed by atoms with E-state index in [1.807, 2.05) is 60.7 Å². The number of hydrogen-bond acceptors (Lipinski definition) is 4. The number of nitrogens with zero attached hydrogens (tertiary/aromatic N) is 3. The molecule has 0 saturated carbocycles. The van der Waals surface area contributed by atoms with Crippen molar-refractivity contribution in [1.82, 2.24) is 15.2 Å². The molecule has 2 aromatic carbocycles. The molecule has 0 bridgehead atoms. The third kappa shape index (κ3) is 4.51. The van der Waals surface area contributed by atoms with E-state index in [0.717, 1.165) is 11.1 Å². The topological polar surface area (TPSA) is 74.5 Å². The average Bonchev–Trinajstić information content (AvgIpc) is 3.41. The second-order valence-electron chi connectivity index (χ2n) is 8.22. The number of rotatable bonds is 6. The minimum Gasteiger partial charge on any atom is -0.280 e. The van der Waals surface area contributed by atoms with E-state index in [2.05, 4.69) is 15.5 Å². The fourth-order valence-corrected chi connectivity index (χ4v) is 4.46. The van der Waals surface area contributed by atoms with E-state index in [9.17, 15) is 18.0 Å². The van der Waals surface area contributed by atoms with Crippen molar-refractivity contribution >= 4 is 23.3 Å². The lowest BCUT2D eigenvalue weighted by Crippen LogP contribution is -2.44. The Hall–Kier alpha value is -3.72. The molecule has 2 aromatic heterocycles. The zero-order valence-electron chi connectivity index (χ0n) is 18.3. The normalized spacial score (nSPS) is 15.2. The smallest absolute Gasteiger partial charge is 0.280 e. The van der Waals surface area contributed by atoms with Crippen LogP contribution in [0.2, 0.25) is 0 Å². The van der Waals surface area contributed by atoms with Crippen LogP contribution in [-0.2, 0) is 24.9 Å². The lowest BCUT2D eigenvalue weighted by Gasteiger charge is -2.09. The number of nitrogens with one attached hydrogen (secondary N) is 2. The molecule has 3 heterocycles. The van der Waals surface area contributed by atoms with Crippen LogP contribution in [0.3, 0.4) is 0 Å².